The van der Waals surface area contributed by atoms with Crippen molar-refractivity contribution in [2.75, 3.05) is 17.1 Å². The summed E-state index contributed by atoms with van der Waals surface area (Å²) in [6, 6.07) is 23.7. The van der Waals surface area contributed by atoms with Crippen LogP contribution in [0, 0.1) is 13.8 Å². The Labute approximate surface area is 238 Å². The largest absolute Gasteiger partial charge is 0.352 e. The molecule has 0 radical (unpaired) electrons. The average molecular weight is 562 g/mol. The van der Waals surface area contributed by atoms with E-state index < -0.39 is 28.5 Å². The van der Waals surface area contributed by atoms with Gasteiger partial charge in [0.05, 0.1) is 11.9 Å². The van der Waals surface area contributed by atoms with Crippen LogP contribution in [0.2, 0.25) is 0 Å². The molecule has 40 heavy (non-hydrogen) atoms. The highest BCUT2D eigenvalue weighted by molar-refractivity contribution is 7.92. The molecule has 7 nitrogen and oxygen atoms in total. The maximum atomic E-state index is 14.1. The van der Waals surface area contributed by atoms with Gasteiger partial charge in [0.15, 0.2) is 0 Å². The van der Waals surface area contributed by atoms with E-state index in [9.17, 15) is 18.0 Å². The third kappa shape index (κ3) is 7.72. The Balaban J connectivity index is 1.71. The monoisotopic (exact) mass is 561 g/mol. The second-order valence-electron chi connectivity index (χ2n) is 10.7. The summed E-state index contributed by atoms with van der Waals surface area (Å²) in [7, 11) is -3.79. The molecule has 1 aliphatic carbocycles. The van der Waals surface area contributed by atoms with Crippen molar-refractivity contribution in [2.24, 2.45) is 0 Å². The molecule has 2 amide bonds. The van der Waals surface area contributed by atoms with Gasteiger partial charge in [-0.15, -0.1) is 0 Å². The number of carbonyl (C=O) groups excluding carboxylic acids is 2. The first-order chi connectivity index (χ1) is 19.1. The number of sulfonamides is 1. The fraction of sp³-hybridized carbons (Fsp3) is 0.375. The number of carbonyl (C=O) groups is 2. The van der Waals surface area contributed by atoms with Crippen molar-refractivity contribution in [3.63, 3.8) is 0 Å². The lowest BCUT2D eigenvalue weighted by Crippen LogP contribution is -2.54. The second kappa shape index (κ2) is 13.1. The lowest BCUT2D eigenvalue weighted by Gasteiger charge is -2.34. The van der Waals surface area contributed by atoms with Gasteiger partial charge in [-0.25, -0.2) is 8.42 Å². The Hall–Kier alpha value is -3.65. The molecule has 3 aromatic carbocycles. The van der Waals surface area contributed by atoms with Crippen molar-refractivity contribution >= 4 is 27.5 Å². The van der Waals surface area contributed by atoms with E-state index in [-0.39, 0.29) is 18.5 Å². The summed E-state index contributed by atoms with van der Waals surface area (Å²) in [5.41, 5.74) is 4.17. The van der Waals surface area contributed by atoms with E-state index >= 15 is 0 Å². The highest BCUT2D eigenvalue weighted by Gasteiger charge is 2.34. The summed E-state index contributed by atoms with van der Waals surface area (Å²) >= 11 is 0. The van der Waals surface area contributed by atoms with Gasteiger partial charge >= 0.3 is 0 Å². The minimum atomic E-state index is -3.79. The number of hydrogen-bond acceptors (Lipinski definition) is 4. The van der Waals surface area contributed by atoms with Gasteiger partial charge in [-0.2, -0.15) is 0 Å². The van der Waals surface area contributed by atoms with Crippen LogP contribution in [0.15, 0.2) is 78.9 Å². The molecular formula is C32H39N3O4S. The van der Waals surface area contributed by atoms with Crippen LogP contribution in [0.5, 0.6) is 0 Å². The van der Waals surface area contributed by atoms with Crippen LogP contribution < -0.4 is 9.62 Å². The molecule has 1 fully saturated rings. The first-order valence-corrected chi connectivity index (χ1v) is 15.7. The van der Waals surface area contributed by atoms with Crippen molar-refractivity contribution in [1.82, 2.24) is 10.2 Å². The molecule has 0 aromatic heterocycles. The molecule has 0 spiro atoms. The summed E-state index contributed by atoms with van der Waals surface area (Å²) in [4.78, 5) is 29.5. The molecule has 1 N–H and O–H groups in total. The second-order valence-corrected chi connectivity index (χ2v) is 12.6. The normalized spacial score (nSPS) is 14.5. The van der Waals surface area contributed by atoms with Crippen LogP contribution in [0.1, 0.15) is 47.9 Å². The van der Waals surface area contributed by atoms with Crippen LogP contribution in [0.25, 0.3) is 0 Å². The van der Waals surface area contributed by atoms with Crippen molar-refractivity contribution in [3.8, 4) is 0 Å². The number of nitrogens with zero attached hydrogens (tertiary/aromatic N) is 2. The Morgan fingerprint density at radius 2 is 1.48 bits per heavy atom. The standard InChI is InChI=1S/C32H39N3O4S/c1-24-18-19-29(20-25(24)2)35(40(3,38)39)23-31(36)34(22-27-14-8-5-9-15-27)30(21-26-12-6-4-7-13-26)32(37)33-28-16-10-11-17-28/h4-9,12-15,18-20,28,30H,10-11,16-17,21-23H2,1-3H3,(H,33,37)/t30-/m0/s1. The number of nitrogens with one attached hydrogen (secondary N) is 1. The molecule has 3 aromatic rings. The van der Waals surface area contributed by atoms with Gasteiger partial charge in [0.2, 0.25) is 21.8 Å². The van der Waals surface area contributed by atoms with Crippen LogP contribution in [0.4, 0.5) is 5.69 Å². The molecule has 0 saturated heterocycles. The van der Waals surface area contributed by atoms with Crippen molar-refractivity contribution in [3.05, 3.63) is 101 Å². The van der Waals surface area contributed by atoms with Crippen molar-refractivity contribution < 1.29 is 18.0 Å². The first kappa shape index (κ1) is 29.3. The van der Waals surface area contributed by atoms with E-state index in [0.29, 0.717) is 12.1 Å². The van der Waals surface area contributed by atoms with Crippen LogP contribution in [-0.4, -0.2) is 50.0 Å². The Morgan fingerprint density at radius 3 is 2.05 bits per heavy atom. The van der Waals surface area contributed by atoms with Gasteiger partial charge in [0.1, 0.15) is 12.6 Å². The third-order valence-corrected chi connectivity index (χ3v) is 8.77. The lowest BCUT2D eigenvalue weighted by molar-refractivity contribution is -0.140. The molecule has 0 heterocycles. The fourth-order valence-electron chi connectivity index (χ4n) is 5.20. The number of anilines is 1. The predicted molar refractivity (Wildman–Crippen MR) is 159 cm³/mol. The van der Waals surface area contributed by atoms with E-state index in [4.69, 9.17) is 0 Å². The van der Waals surface area contributed by atoms with Gasteiger partial charge in [-0.1, -0.05) is 79.6 Å². The van der Waals surface area contributed by atoms with E-state index in [0.717, 1.165) is 58.5 Å². The Kier molecular flexibility index (Phi) is 9.63. The van der Waals surface area contributed by atoms with Crippen LogP contribution in [0.3, 0.4) is 0 Å². The molecule has 1 atom stereocenters. The molecule has 8 heteroatoms. The summed E-state index contributed by atoms with van der Waals surface area (Å²) < 4.78 is 27.0. The van der Waals surface area contributed by atoms with Crippen LogP contribution >= 0.6 is 0 Å². The van der Waals surface area contributed by atoms with E-state index in [1.165, 1.54) is 0 Å². The number of hydrogen-bond donors (Lipinski definition) is 1. The summed E-state index contributed by atoms with van der Waals surface area (Å²) in [6.45, 7) is 3.63. The SMILES string of the molecule is Cc1ccc(N(CC(=O)N(Cc2ccccc2)[C@@H](Cc2ccccc2)C(=O)NC2CCCC2)S(C)(=O)=O)cc1C. The number of amides is 2. The fourth-order valence-corrected chi connectivity index (χ4v) is 6.04. The minimum absolute atomic E-state index is 0.0857. The number of aryl methyl sites for hydroxylation is 2. The quantitative estimate of drug-likeness (QED) is 0.366. The Bertz CT molecular complexity index is 1400. The van der Waals surface area contributed by atoms with Crippen molar-refractivity contribution in [1.29, 1.82) is 0 Å². The molecule has 0 aliphatic heterocycles. The third-order valence-electron chi connectivity index (χ3n) is 7.63. The van der Waals surface area contributed by atoms with Gasteiger partial charge in [0.25, 0.3) is 0 Å². The minimum Gasteiger partial charge on any atom is -0.352 e. The highest BCUT2D eigenvalue weighted by atomic mass is 32.2. The maximum Gasteiger partial charge on any atom is 0.244 e. The molecule has 1 saturated carbocycles. The summed E-state index contributed by atoms with van der Waals surface area (Å²) in [5.74, 6) is -0.646. The maximum absolute atomic E-state index is 14.1. The van der Waals surface area contributed by atoms with Crippen LogP contribution in [-0.2, 0) is 32.6 Å². The Morgan fingerprint density at radius 1 is 0.875 bits per heavy atom. The first-order valence-electron chi connectivity index (χ1n) is 13.8. The van der Waals surface area contributed by atoms with Crippen molar-refractivity contribution in [2.45, 2.75) is 64.6 Å². The number of benzene rings is 3. The predicted octanol–water partition coefficient (Wildman–Crippen LogP) is 4.77. The molecule has 0 bridgehead atoms. The molecule has 4 rings (SSSR count). The molecule has 212 valence electrons. The van der Waals surface area contributed by atoms with Gasteiger partial charge in [0, 0.05) is 19.0 Å². The smallest absolute Gasteiger partial charge is 0.244 e. The zero-order valence-electron chi connectivity index (χ0n) is 23.5. The van der Waals surface area contributed by atoms with Gasteiger partial charge < -0.3 is 10.2 Å². The van der Waals surface area contributed by atoms with E-state index in [1.54, 1.807) is 17.0 Å². The summed E-state index contributed by atoms with van der Waals surface area (Å²) in [6.07, 6.45) is 5.41. The highest BCUT2D eigenvalue weighted by Crippen LogP contribution is 2.24. The molecule has 0 unspecified atom stereocenters. The molecule has 1 aliphatic rings. The zero-order chi connectivity index (χ0) is 28.7. The molecular weight excluding hydrogens is 522 g/mol. The summed E-state index contributed by atoms with van der Waals surface area (Å²) in [5, 5.41) is 3.18. The number of rotatable bonds is 11. The van der Waals surface area contributed by atoms with E-state index in [1.807, 2.05) is 80.6 Å². The van der Waals surface area contributed by atoms with Gasteiger partial charge in [-0.3, -0.25) is 13.9 Å². The van der Waals surface area contributed by atoms with E-state index in [2.05, 4.69) is 5.32 Å². The average Bonchev–Trinajstić information content (AvgIpc) is 3.44. The topological polar surface area (TPSA) is 86.8 Å². The zero-order valence-corrected chi connectivity index (χ0v) is 24.4. The lowest BCUT2D eigenvalue weighted by atomic mass is 10.0. The van der Waals surface area contributed by atoms with Gasteiger partial charge in [-0.05, 0) is 61.1 Å².